The van der Waals surface area contributed by atoms with E-state index in [-0.39, 0.29) is 5.97 Å². The van der Waals surface area contributed by atoms with Crippen molar-refractivity contribution in [1.82, 2.24) is 14.9 Å². The third kappa shape index (κ3) is 7.03. The molecular weight excluding hydrogens is 606 g/mol. The van der Waals surface area contributed by atoms with Crippen LogP contribution in [0.3, 0.4) is 0 Å². The molecule has 0 spiro atoms. The van der Waals surface area contributed by atoms with Crippen LogP contribution in [0.2, 0.25) is 0 Å². The molecule has 4 rings (SSSR count). The number of rotatable bonds is 10. The predicted octanol–water partition coefficient (Wildman–Crippen LogP) is 5.53. The lowest BCUT2D eigenvalue weighted by atomic mass is 9.92. The van der Waals surface area contributed by atoms with Crippen LogP contribution in [-0.4, -0.2) is 61.3 Å². The van der Waals surface area contributed by atoms with E-state index in [4.69, 9.17) is 19.9 Å². The Morgan fingerprint density at radius 1 is 1.11 bits per heavy atom. The van der Waals surface area contributed by atoms with Gasteiger partial charge in [0.05, 0.1) is 38.6 Å². The molecule has 0 bridgehead atoms. The first-order valence-electron chi connectivity index (χ1n) is 12.1. The van der Waals surface area contributed by atoms with E-state index in [0.29, 0.717) is 42.1 Å². The van der Waals surface area contributed by atoms with Crippen molar-refractivity contribution in [2.24, 2.45) is 5.92 Å². The molecular formula is C26H31Br2N5O4. The summed E-state index contributed by atoms with van der Waals surface area (Å²) in [7, 11) is 3.06. The fourth-order valence-electron chi connectivity index (χ4n) is 4.46. The summed E-state index contributed by atoms with van der Waals surface area (Å²) in [5.74, 6) is 2.40. The molecule has 9 nitrogen and oxygen atoms in total. The number of piperidine rings is 1. The number of esters is 1. The molecule has 0 atom stereocenters. The molecule has 0 unspecified atom stereocenters. The lowest BCUT2D eigenvalue weighted by molar-refractivity contribution is -0.142. The van der Waals surface area contributed by atoms with Crippen molar-refractivity contribution in [3.05, 3.63) is 39.5 Å². The Labute approximate surface area is 233 Å². The number of nitrogens with one attached hydrogen (secondary N) is 1. The third-order valence-corrected chi connectivity index (χ3v) is 7.88. The van der Waals surface area contributed by atoms with Crippen molar-refractivity contribution in [3.8, 4) is 11.5 Å². The molecule has 0 radical (unpaired) electrons. The molecule has 3 N–H and O–H groups in total. The summed E-state index contributed by atoms with van der Waals surface area (Å²) in [6.45, 7) is 2.81. The molecule has 198 valence electrons. The van der Waals surface area contributed by atoms with E-state index in [0.717, 1.165) is 64.3 Å². The summed E-state index contributed by atoms with van der Waals surface area (Å²) in [5.41, 5.74) is 8.22. The number of methoxy groups -OCH3 is 2. The van der Waals surface area contributed by atoms with Gasteiger partial charge in [0.25, 0.3) is 0 Å². The Morgan fingerprint density at radius 3 is 2.51 bits per heavy atom. The molecule has 2 heterocycles. The third-order valence-electron chi connectivity index (χ3n) is 6.56. The van der Waals surface area contributed by atoms with Gasteiger partial charge in [-0.05, 0) is 94.7 Å². The number of hydrogen-bond acceptors (Lipinski definition) is 9. The Bertz CT molecular complexity index is 1230. The van der Waals surface area contributed by atoms with Crippen molar-refractivity contribution >= 4 is 65.9 Å². The lowest BCUT2D eigenvalue weighted by Gasteiger charge is -2.31. The number of aromatic nitrogens is 2. The fourth-order valence-corrected chi connectivity index (χ4v) is 5.65. The summed E-state index contributed by atoms with van der Waals surface area (Å²) < 4.78 is 18.1. The zero-order valence-corrected chi connectivity index (χ0v) is 24.1. The zero-order valence-electron chi connectivity index (χ0n) is 20.9. The Hall–Kier alpha value is -2.63. The van der Waals surface area contributed by atoms with Crippen LogP contribution in [0.15, 0.2) is 39.5 Å². The summed E-state index contributed by atoms with van der Waals surface area (Å²) >= 11 is 6.97. The Kier molecular flexibility index (Phi) is 9.44. The molecule has 1 aliphatic heterocycles. The van der Waals surface area contributed by atoms with Crippen LogP contribution in [0, 0.1) is 5.92 Å². The van der Waals surface area contributed by atoms with Gasteiger partial charge in [-0.25, -0.2) is 9.97 Å². The molecule has 3 aromatic rings. The minimum Gasteiger partial charge on any atom is -0.493 e. The van der Waals surface area contributed by atoms with E-state index in [1.165, 1.54) is 13.4 Å². The highest BCUT2D eigenvalue weighted by molar-refractivity contribution is 9.11. The molecule has 0 amide bonds. The maximum absolute atomic E-state index is 11.5. The van der Waals surface area contributed by atoms with E-state index in [1.807, 2.05) is 24.3 Å². The Balaban J connectivity index is 1.39. The van der Waals surface area contributed by atoms with Crippen LogP contribution < -0.4 is 20.5 Å². The van der Waals surface area contributed by atoms with Crippen LogP contribution in [0.5, 0.6) is 11.5 Å². The molecule has 0 aliphatic carbocycles. The monoisotopic (exact) mass is 635 g/mol. The minimum atomic E-state index is -0.172. The first-order chi connectivity index (χ1) is 17.9. The number of fused-ring (bicyclic) bond motifs is 1. The van der Waals surface area contributed by atoms with Gasteiger partial charge in [0.2, 0.25) is 0 Å². The van der Waals surface area contributed by atoms with Crippen LogP contribution in [0.1, 0.15) is 25.7 Å². The molecule has 0 saturated carbocycles. The number of anilines is 3. The SMILES string of the molecule is COC(=O)CN1CCC(CCCOc2cc3c(Nc4cc(Br)c(N)c(Br)c4)ncnc3cc2OC)CC1. The molecule has 1 aromatic heterocycles. The first-order valence-corrected chi connectivity index (χ1v) is 13.7. The second-order valence-corrected chi connectivity index (χ2v) is 10.7. The Morgan fingerprint density at radius 2 is 1.84 bits per heavy atom. The quantitative estimate of drug-likeness (QED) is 0.168. The van der Waals surface area contributed by atoms with Crippen molar-refractivity contribution in [2.45, 2.75) is 25.7 Å². The number of nitrogen functional groups attached to an aromatic ring is 1. The van der Waals surface area contributed by atoms with Gasteiger partial charge in [0, 0.05) is 26.1 Å². The fraction of sp³-hybridized carbons (Fsp3) is 0.423. The number of halogens is 2. The number of likely N-dealkylation sites (tertiary alicyclic amines) is 1. The highest BCUT2D eigenvalue weighted by Crippen LogP contribution is 2.37. The number of carbonyl (C=O) groups excluding carboxylic acids is 1. The standard InChI is InChI=1S/C26H31Br2N5O4/c1-35-22-13-21-18(26(31-15-30-21)32-17-10-19(27)25(29)20(28)11-17)12-23(22)37-9-3-4-16-5-7-33(8-6-16)14-24(34)36-2/h10-13,15-16H,3-9,14,29H2,1-2H3,(H,30,31,32). The predicted molar refractivity (Wildman–Crippen MR) is 152 cm³/mol. The molecule has 2 aromatic carbocycles. The number of hydrogen-bond donors (Lipinski definition) is 2. The largest absolute Gasteiger partial charge is 0.493 e. The number of nitrogens with zero attached hydrogens (tertiary/aromatic N) is 3. The van der Waals surface area contributed by atoms with Gasteiger partial charge in [-0.1, -0.05) is 0 Å². The van der Waals surface area contributed by atoms with Gasteiger partial charge < -0.3 is 25.3 Å². The second-order valence-electron chi connectivity index (χ2n) is 9.01. The van der Waals surface area contributed by atoms with Gasteiger partial charge in [-0.2, -0.15) is 0 Å². The molecule has 11 heteroatoms. The maximum Gasteiger partial charge on any atom is 0.319 e. The van der Waals surface area contributed by atoms with E-state index in [1.54, 1.807) is 7.11 Å². The average molecular weight is 637 g/mol. The lowest BCUT2D eigenvalue weighted by Crippen LogP contribution is -2.37. The van der Waals surface area contributed by atoms with Crippen LogP contribution >= 0.6 is 31.9 Å². The first kappa shape index (κ1) is 27.4. The average Bonchev–Trinajstić information content (AvgIpc) is 2.90. The molecule has 1 saturated heterocycles. The second kappa shape index (κ2) is 12.7. The summed E-state index contributed by atoms with van der Waals surface area (Å²) in [6.07, 6.45) is 5.70. The van der Waals surface area contributed by atoms with E-state index in [2.05, 4.69) is 52.0 Å². The minimum absolute atomic E-state index is 0.172. The van der Waals surface area contributed by atoms with Gasteiger partial charge >= 0.3 is 5.97 Å². The zero-order chi connectivity index (χ0) is 26.4. The smallest absolute Gasteiger partial charge is 0.319 e. The van der Waals surface area contributed by atoms with Crippen molar-refractivity contribution in [3.63, 3.8) is 0 Å². The topological polar surface area (TPSA) is 112 Å². The van der Waals surface area contributed by atoms with Gasteiger partial charge in [0.1, 0.15) is 12.1 Å². The van der Waals surface area contributed by atoms with Crippen molar-refractivity contribution < 1.29 is 19.0 Å². The van der Waals surface area contributed by atoms with Crippen LogP contribution in [-0.2, 0) is 9.53 Å². The van der Waals surface area contributed by atoms with Crippen molar-refractivity contribution in [2.75, 3.05) is 51.5 Å². The highest BCUT2D eigenvalue weighted by Gasteiger charge is 2.21. The van der Waals surface area contributed by atoms with Crippen LogP contribution in [0.4, 0.5) is 17.2 Å². The van der Waals surface area contributed by atoms with Gasteiger partial charge in [-0.15, -0.1) is 0 Å². The van der Waals surface area contributed by atoms with Crippen molar-refractivity contribution in [1.29, 1.82) is 0 Å². The molecule has 37 heavy (non-hydrogen) atoms. The normalized spacial score (nSPS) is 14.5. The number of benzene rings is 2. The van der Waals surface area contributed by atoms with Gasteiger partial charge in [0.15, 0.2) is 11.5 Å². The summed E-state index contributed by atoms with van der Waals surface area (Å²) in [5, 5.41) is 4.17. The van der Waals surface area contributed by atoms with E-state index < -0.39 is 0 Å². The number of ether oxygens (including phenoxy) is 3. The van der Waals surface area contributed by atoms with E-state index in [9.17, 15) is 4.79 Å². The van der Waals surface area contributed by atoms with Gasteiger partial charge in [-0.3, -0.25) is 9.69 Å². The highest BCUT2D eigenvalue weighted by atomic mass is 79.9. The summed E-state index contributed by atoms with van der Waals surface area (Å²) in [4.78, 5) is 22.5. The number of nitrogens with two attached hydrogens (primary N) is 1. The number of carbonyl (C=O) groups is 1. The maximum atomic E-state index is 11.5. The van der Waals surface area contributed by atoms with E-state index >= 15 is 0 Å². The molecule has 1 aliphatic rings. The molecule has 1 fully saturated rings. The summed E-state index contributed by atoms with van der Waals surface area (Å²) in [6, 6.07) is 7.58. The van der Waals surface area contributed by atoms with Crippen LogP contribution in [0.25, 0.3) is 10.9 Å².